The molecule has 0 saturated carbocycles. The Morgan fingerprint density at radius 2 is 2.16 bits per heavy atom. The third-order valence-electron chi connectivity index (χ3n) is 4.15. The minimum Gasteiger partial charge on any atom is -0.387 e. The number of aliphatic imine (C=N–C) groups is 1. The predicted molar refractivity (Wildman–Crippen MR) is 99.7 cm³/mol. The van der Waals surface area contributed by atoms with Crippen molar-refractivity contribution in [3.63, 3.8) is 0 Å². The SMILES string of the molecule is CCNC(=NCc1ncccc1C)NCC(C)(O)CN1CCOCC1. The van der Waals surface area contributed by atoms with Crippen LogP contribution in [0.4, 0.5) is 0 Å². The molecule has 2 heterocycles. The van der Waals surface area contributed by atoms with Gasteiger partial charge in [-0.3, -0.25) is 9.88 Å². The van der Waals surface area contributed by atoms with Crippen LogP contribution in [0.1, 0.15) is 25.1 Å². The van der Waals surface area contributed by atoms with Gasteiger partial charge in [-0.15, -0.1) is 0 Å². The average Bonchev–Trinajstić information content (AvgIpc) is 2.59. The molecule has 0 amide bonds. The number of aliphatic hydroxyl groups is 1. The molecule has 1 atom stereocenters. The standard InChI is InChI=1S/C18H31N5O2/c1-4-19-17(21-12-16-15(2)6-5-7-20-16)22-13-18(3,24)14-23-8-10-25-11-9-23/h5-7,24H,4,8-14H2,1-3H3,(H2,19,21,22). The summed E-state index contributed by atoms with van der Waals surface area (Å²) in [6, 6.07) is 3.96. The Kier molecular flexibility index (Phi) is 7.61. The van der Waals surface area contributed by atoms with E-state index in [0.29, 0.717) is 25.6 Å². The van der Waals surface area contributed by atoms with E-state index in [1.54, 1.807) is 6.20 Å². The summed E-state index contributed by atoms with van der Waals surface area (Å²) >= 11 is 0. The van der Waals surface area contributed by atoms with E-state index in [4.69, 9.17) is 4.74 Å². The third-order valence-corrected chi connectivity index (χ3v) is 4.15. The Bertz CT molecular complexity index is 556. The number of nitrogens with zero attached hydrogens (tertiary/aromatic N) is 3. The highest BCUT2D eigenvalue weighted by molar-refractivity contribution is 5.79. The minimum absolute atomic E-state index is 0.428. The van der Waals surface area contributed by atoms with E-state index in [1.165, 1.54) is 0 Å². The molecule has 1 unspecified atom stereocenters. The molecule has 7 heteroatoms. The van der Waals surface area contributed by atoms with Gasteiger partial charge in [-0.1, -0.05) is 6.07 Å². The Labute approximate surface area is 150 Å². The number of hydrogen-bond acceptors (Lipinski definition) is 5. The first kappa shape index (κ1) is 19.6. The molecule has 3 N–H and O–H groups in total. The van der Waals surface area contributed by atoms with Crippen LogP contribution in [-0.2, 0) is 11.3 Å². The van der Waals surface area contributed by atoms with Crippen LogP contribution >= 0.6 is 0 Å². The van der Waals surface area contributed by atoms with E-state index in [1.807, 2.05) is 32.9 Å². The number of aromatic nitrogens is 1. The lowest BCUT2D eigenvalue weighted by atomic mass is 10.1. The third kappa shape index (κ3) is 6.97. The van der Waals surface area contributed by atoms with Gasteiger partial charge in [0, 0.05) is 38.9 Å². The van der Waals surface area contributed by atoms with Gasteiger partial charge in [-0.25, -0.2) is 4.99 Å². The van der Waals surface area contributed by atoms with E-state index >= 15 is 0 Å². The van der Waals surface area contributed by atoms with Crippen LogP contribution in [-0.4, -0.2) is 72.5 Å². The fourth-order valence-corrected chi connectivity index (χ4v) is 2.75. The van der Waals surface area contributed by atoms with E-state index in [2.05, 4.69) is 25.5 Å². The predicted octanol–water partition coefficient (Wildman–Crippen LogP) is 0.528. The normalized spacial score (nSPS) is 18.6. The monoisotopic (exact) mass is 349 g/mol. The molecular weight excluding hydrogens is 318 g/mol. The Morgan fingerprint density at radius 3 is 2.84 bits per heavy atom. The van der Waals surface area contributed by atoms with Crippen LogP contribution in [0.5, 0.6) is 0 Å². The van der Waals surface area contributed by atoms with Gasteiger partial charge in [0.15, 0.2) is 5.96 Å². The molecule has 1 aliphatic heterocycles. The van der Waals surface area contributed by atoms with Gasteiger partial charge in [0.1, 0.15) is 0 Å². The van der Waals surface area contributed by atoms with Gasteiger partial charge in [-0.05, 0) is 32.4 Å². The second kappa shape index (κ2) is 9.70. The summed E-state index contributed by atoms with van der Waals surface area (Å²) in [6.45, 7) is 11.4. The molecule has 2 rings (SSSR count). The summed E-state index contributed by atoms with van der Waals surface area (Å²) in [5.41, 5.74) is 1.25. The number of β-amino-alcohol motifs (C(OH)–C–C–N with tert-alkyl or cyclic N) is 1. The summed E-state index contributed by atoms with van der Waals surface area (Å²) in [5.74, 6) is 0.690. The lowest BCUT2D eigenvalue weighted by Crippen LogP contribution is -2.52. The topological polar surface area (TPSA) is 82.0 Å². The molecule has 1 saturated heterocycles. The molecule has 7 nitrogen and oxygen atoms in total. The zero-order chi connectivity index (χ0) is 18.1. The second-order valence-corrected chi connectivity index (χ2v) is 6.70. The molecule has 0 spiro atoms. The van der Waals surface area contributed by atoms with Gasteiger partial charge >= 0.3 is 0 Å². The largest absolute Gasteiger partial charge is 0.387 e. The zero-order valence-electron chi connectivity index (χ0n) is 15.6. The number of guanidine groups is 1. The average molecular weight is 349 g/mol. The van der Waals surface area contributed by atoms with Crippen LogP contribution in [0.2, 0.25) is 0 Å². The first-order chi connectivity index (χ1) is 12.0. The Morgan fingerprint density at radius 1 is 1.40 bits per heavy atom. The zero-order valence-corrected chi connectivity index (χ0v) is 15.6. The van der Waals surface area contributed by atoms with Crippen LogP contribution < -0.4 is 10.6 Å². The number of morpholine rings is 1. The van der Waals surface area contributed by atoms with E-state index in [0.717, 1.165) is 44.1 Å². The lowest BCUT2D eigenvalue weighted by molar-refractivity contribution is -0.0201. The van der Waals surface area contributed by atoms with Gasteiger partial charge in [0.25, 0.3) is 0 Å². The van der Waals surface area contributed by atoms with Crippen molar-refractivity contribution in [2.24, 2.45) is 4.99 Å². The molecule has 1 aromatic rings. The fourth-order valence-electron chi connectivity index (χ4n) is 2.75. The number of nitrogens with one attached hydrogen (secondary N) is 2. The summed E-state index contributed by atoms with van der Waals surface area (Å²) in [6.07, 6.45) is 1.78. The van der Waals surface area contributed by atoms with Crippen LogP contribution in [0.3, 0.4) is 0 Å². The summed E-state index contributed by atoms with van der Waals surface area (Å²) < 4.78 is 5.35. The molecule has 1 aliphatic rings. The van der Waals surface area contributed by atoms with Crippen molar-refractivity contribution in [3.8, 4) is 0 Å². The van der Waals surface area contributed by atoms with E-state index in [9.17, 15) is 5.11 Å². The minimum atomic E-state index is -0.839. The van der Waals surface area contributed by atoms with Crippen molar-refractivity contribution in [2.45, 2.75) is 32.9 Å². The molecular formula is C18H31N5O2. The molecule has 1 fully saturated rings. The van der Waals surface area contributed by atoms with Crippen molar-refractivity contribution >= 4 is 5.96 Å². The van der Waals surface area contributed by atoms with E-state index < -0.39 is 5.60 Å². The molecule has 0 radical (unpaired) electrons. The Balaban J connectivity index is 1.89. The maximum atomic E-state index is 10.7. The highest BCUT2D eigenvalue weighted by Gasteiger charge is 2.25. The van der Waals surface area contributed by atoms with Crippen LogP contribution in [0.15, 0.2) is 23.3 Å². The quantitative estimate of drug-likeness (QED) is 0.492. The van der Waals surface area contributed by atoms with Crippen LogP contribution in [0, 0.1) is 6.92 Å². The summed E-state index contributed by atoms with van der Waals surface area (Å²) in [4.78, 5) is 11.2. The van der Waals surface area contributed by atoms with Gasteiger partial charge in [0.2, 0.25) is 0 Å². The van der Waals surface area contributed by atoms with Gasteiger partial charge in [-0.2, -0.15) is 0 Å². The lowest BCUT2D eigenvalue weighted by Gasteiger charge is -2.34. The number of rotatable bonds is 7. The number of pyridine rings is 1. The van der Waals surface area contributed by atoms with Gasteiger partial charge in [0.05, 0.1) is 31.1 Å². The first-order valence-corrected chi connectivity index (χ1v) is 8.95. The van der Waals surface area contributed by atoms with Crippen molar-refractivity contribution in [3.05, 3.63) is 29.6 Å². The summed E-state index contributed by atoms with van der Waals surface area (Å²) in [7, 11) is 0. The molecule has 25 heavy (non-hydrogen) atoms. The smallest absolute Gasteiger partial charge is 0.191 e. The van der Waals surface area contributed by atoms with Gasteiger partial charge < -0.3 is 20.5 Å². The van der Waals surface area contributed by atoms with Crippen LogP contribution in [0.25, 0.3) is 0 Å². The van der Waals surface area contributed by atoms with E-state index in [-0.39, 0.29) is 0 Å². The number of ether oxygens (including phenoxy) is 1. The van der Waals surface area contributed by atoms with Crippen molar-refractivity contribution in [2.75, 3.05) is 45.9 Å². The number of hydrogen-bond donors (Lipinski definition) is 3. The molecule has 0 aromatic carbocycles. The highest BCUT2D eigenvalue weighted by atomic mass is 16.5. The summed E-state index contributed by atoms with van der Waals surface area (Å²) in [5, 5.41) is 17.1. The molecule has 140 valence electrons. The van der Waals surface area contributed by atoms with Crippen molar-refractivity contribution < 1.29 is 9.84 Å². The second-order valence-electron chi connectivity index (χ2n) is 6.70. The molecule has 0 bridgehead atoms. The fraction of sp³-hybridized carbons (Fsp3) is 0.667. The highest BCUT2D eigenvalue weighted by Crippen LogP contribution is 2.08. The molecule has 0 aliphatic carbocycles. The maximum absolute atomic E-state index is 10.7. The molecule has 1 aromatic heterocycles. The maximum Gasteiger partial charge on any atom is 0.191 e. The van der Waals surface area contributed by atoms with Crippen molar-refractivity contribution in [1.29, 1.82) is 0 Å². The number of aryl methyl sites for hydroxylation is 1. The van der Waals surface area contributed by atoms with Crippen molar-refractivity contribution in [1.82, 2.24) is 20.5 Å². The first-order valence-electron chi connectivity index (χ1n) is 8.95. The Hall–Kier alpha value is -1.70.